The first-order chi connectivity index (χ1) is 25.0. The molecule has 1 aliphatic heterocycles. The SMILES string of the molecule is CCCC/C=C\C/C=C\CCCCCCCCC1(CCCCCCCC/C=C\C/C=C\CCCC)O[C@H]2CC(OC(=O)CCCN(C)C)C[C@H]2O1. The van der Waals surface area contributed by atoms with Crippen LogP contribution in [0.2, 0.25) is 0 Å². The summed E-state index contributed by atoms with van der Waals surface area (Å²) in [6.45, 7) is 5.40. The highest BCUT2D eigenvalue weighted by Gasteiger charge is 2.52. The molecule has 1 unspecified atom stereocenters. The summed E-state index contributed by atoms with van der Waals surface area (Å²) in [5.74, 6) is -0.522. The van der Waals surface area contributed by atoms with E-state index in [0.717, 1.165) is 64.3 Å². The Kier molecular flexibility index (Phi) is 27.4. The van der Waals surface area contributed by atoms with Gasteiger partial charge in [0.2, 0.25) is 0 Å². The number of allylic oxidation sites excluding steroid dienone is 8. The lowest BCUT2D eigenvalue weighted by atomic mass is 9.98. The number of ether oxygens (including phenoxy) is 3. The molecule has 2 rings (SSSR count). The molecule has 0 N–H and O–H groups in total. The van der Waals surface area contributed by atoms with Crippen LogP contribution in [0.4, 0.5) is 0 Å². The number of carbonyl (C=O) groups excluding carboxylic acids is 1. The van der Waals surface area contributed by atoms with E-state index in [0.29, 0.717) is 6.42 Å². The van der Waals surface area contributed by atoms with E-state index in [2.05, 4.69) is 67.4 Å². The average molecular weight is 712 g/mol. The first kappa shape index (κ1) is 45.5. The van der Waals surface area contributed by atoms with Gasteiger partial charge in [-0.2, -0.15) is 0 Å². The second-order valence-corrected chi connectivity index (χ2v) is 15.7. The number of hydrogen-bond acceptors (Lipinski definition) is 5. The van der Waals surface area contributed by atoms with E-state index >= 15 is 0 Å². The summed E-state index contributed by atoms with van der Waals surface area (Å²) >= 11 is 0. The van der Waals surface area contributed by atoms with Crippen LogP contribution in [-0.4, -0.2) is 55.6 Å². The largest absolute Gasteiger partial charge is 0.462 e. The molecule has 0 amide bonds. The van der Waals surface area contributed by atoms with Crippen molar-refractivity contribution in [3.8, 4) is 0 Å². The highest BCUT2D eigenvalue weighted by atomic mass is 16.8. The van der Waals surface area contributed by atoms with Gasteiger partial charge in [-0.1, -0.05) is 140 Å². The van der Waals surface area contributed by atoms with Gasteiger partial charge in [-0.05, 0) is 91.3 Å². The number of fused-ring (bicyclic) bond motifs is 1. The molecular weight excluding hydrogens is 631 g/mol. The molecule has 51 heavy (non-hydrogen) atoms. The number of carbonyl (C=O) groups is 1. The highest BCUT2D eigenvalue weighted by molar-refractivity contribution is 5.69. The summed E-state index contributed by atoms with van der Waals surface area (Å²) in [5, 5.41) is 0. The molecule has 0 aromatic heterocycles. The van der Waals surface area contributed by atoms with Crippen molar-refractivity contribution in [2.75, 3.05) is 20.6 Å². The number of esters is 1. The molecule has 0 aromatic carbocycles. The first-order valence-corrected chi connectivity index (χ1v) is 21.8. The van der Waals surface area contributed by atoms with Gasteiger partial charge in [-0.25, -0.2) is 0 Å². The van der Waals surface area contributed by atoms with Gasteiger partial charge >= 0.3 is 5.97 Å². The van der Waals surface area contributed by atoms with Gasteiger partial charge in [-0.15, -0.1) is 0 Å². The Morgan fingerprint density at radius 1 is 0.588 bits per heavy atom. The molecule has 1 aliphatic carbocycles. The van der Waals surface area contributed by atoms with E-state index in [1.165, 1.54) is 116 Å². The number of nitrogens with zero attached hydrogens (tertiary/aromatic N) is 1. The van der Waals surface area contributed by atoms with Crippen LogP contribution >= 0.6 is 0 Å². The zero-order valence-electron chi connectivity index (χ0n) is 33.9. The molecule has 1 saturated carbocycles. The van der Waals surface area contributed by atoms with E-state index in [1.54, 1.807) is 0 Å². The molecule has 0 aromatic rings. The van der Waals surface area contributed by atoms with Crippen molar-refractivity contribution in [2.45, 2.75) is 218 Å². The minimum Gasteiger partial charge on any atom is -0.462 e. The van der Waals surface area contributed by atoms with Gasteiger partial charge in [0, 0.05) is 32.1 Å². The summed E-state index contributed by atoms with van der Waals surface area (Å²) in [5.41, 5.74) is 0. The molecule has 2 fully saturated rings. The molecule has 294 valence electrons. The van der Waals surface area contributed by atoms with Crippen molar-refractivity contribution in [2.24, 2.45) is 0 Å². The van der Waals surface area contributed by atoms with Crippen LogP contribution in [0.5, 0.6) is 0 Å². The topological polar surface area (TPSA) is 48.0 Å². The maximum atomic E-state index is 12.4. The minimum atomic E-state index is -0.443. The first-order valence-electron chi connectivity index (χ1n) is 21.8. The fraction of sp³-hybridized carbons (Fsp3) is 0.804. The lowest BCUT2D eigenvalue weighted by Gasteiger charge is -2.30. The molecule has 0 radical (unpaired) electrons. The minimum absolute atomic E-state index is 0.0596. The van der Waals surface area contributed by atoms with Crippen LogP contribution in [0.1, 0.15) is 194 Å². The number of unbranched alkanes of at least 4 members (excludes halogenated alkanes) is 16. The molecule has 5 nitrogen and oxygen atoms in total. The third-order valence-electron chi connectivity index (χ3n) is 10.4. The van der Waals surface area contributed by atoms with E-state index in [9.17, 15) is 4.79 Å². The Bertz CT molecular complexity index is 891. The molecular formula is C46H81NO4. The smallest absolute Gasteiger partial charge is 0.306 e. The van der Waals surface area contributed by atoms with Crippen LogP contribution in [-0.2, 0) is 19.0 Å². The third-order valence-corrected chi connectivity index (χ3v) is 10.4. The maximum Gasteiger partial charge on any atom is 0.306 e. The molecule has 5 heteroatoms. The standard InChI is InChI=1S/C46H81NO4/c1-5-7-9-11-13-15-17-19-21-23-25-27-29-31-33-37-46(38-34-32-30-28-26-24-22-20-18-16-14-12-10-8-6-2)50-43-40-42(41-44(43)51-46)49-45(48)36-35-39-47(3)4/h11-14,17-20,42-44H,5-10,15-16,21-41H2,1-4H3/b13-11-,14-12-,19-17-,20-18-/t42?,43-,44+. The average Bonchev–Trinajstić information content (AvgIpc) is 3.63. The van der Waals surface area contributed by atoms with Crippen LogP contribution in [0.3, 0.4) is 0 Å². The quantitative estimate of drug-likeness (QED) is 0.0385. The maximum absolute atomic E-state index is 12.4. The summed E-state index contributed by atoms with van der Waals surface area (Å²) < 4.78 is 19.4. The zero-order chi connectivity index (χ0) is 36.7. The zero-order valence-corrected chi connectivity index (χ0v) is 33.9. The van der Waals surface area contributed by atoms with Crippen molar-refractivity contribution in [1.29, 1.82) is 0 Å². The van der Waals surface area contributed by atoms with Gasteiger partial charge in [0.05, 0.1) is 12.2 Å². The molecule has 1 saturated heterocycles. The van der Waals surface area contributed by atoms with Gasteiger partial charge in [0.25, 0.3) is 0 Å². The van der Waals surface area contributed by atoms with E-state index < -0.39 is 5.79 Å². The lowest BCUT2D eigenvalue weighted by Crippen LogP contribution is -2.33. The van der Waals surface area contributed by atoms with Crippen molar-refractivity contribution < 1.29 is 19.0 Å². The summed E-state index contributed by atoms with van der Waals surface area (Å²) in [6, 6.07) is 0. The van der Waals surface area contributed by atoms with Crippen molar-refractivity contribution in [1.82, 2.24) is 4.90 Å². The molecule has 0 spiro atoms. The second-order valence-electron chi connectivity index (χ2n) is 15.7. The fourth-order valence-electron chi connectivity index (χ4n) is 7.37. The molecule has 3 atom stereocenters. The van der Waals surface area contributed by atoms with E-state index in [-0.39, 0.29) is 24.3 Å². The summed E-state index contributed by atoms with van der Waals surface area (Å²) in [4.78, 5) is 14.5. The normalized spacial score (nSPS) is 20.3. The summed E-state index contributed by atoms with van der Waals surface area (Å²) in [7, 11) is 4.07. The van der Waals surface area contributed by atoms with Gasteiger partial charge in [0.1, 0.15) is 6.10 Å². The van der Waals surface area contributed by atoms with Crippen molar-refractivity contribution in [3.63, 3.8) is 0 Å². The number of hydrogen-bond donors (Lipinski definition) is 0. The van der Waals surface area contributed by atoms with Crippen molar-refractivity contribution >= 4 is 5.97 Å². The Morgan fingerprint density at radius 3 is 1.43 bits per heavy atom. The van der Waals surface area contributed by atoms with Crippen LogP contribution in [0.25, 0.3) is 0 Å². The Balaban J connectivity index is 1.66. The third kappa shape index (κ3) is 23.6. The van der Waals surface area contributed by atoms with Gasteiger partial charge in [0.15, 0.2) is 5.79 Å². The monoisotopic (exact) mass is 712 g/mol. The molecule has 1 heterocycles. The van der Waals surface area contributed by atoms with Crippen molar-refractivity contribution in [3.05, 3.63) is 48.6 Å². The van der Waals surface area contributed by atoms with Crippen LogP contribution in [0.15, 0.2) is 48.6 Å². The van der Waals surface area contributed by atoms with Crippen LogP contribution in [0, 0.1) is 0 Å². The van der Waals surface area contributed by atoms with E-state index in [1.807, 2.05) is 14.1 Å². The van der Waals surface area contributed by atoms with Crippen LogP contribution < -0.4 is 0 Å². The van der Waals surface area contributed by atoms with Gasteiger partial charge in [-0.3, -0.25) is 4.79 Å². The molecule has 2 aliphatic rings. The van der Waals surface area contributed by atoms with E-state index in [4.69, 9.17) is 14.2 Å². The predicted octanol–water partition coefficient (Wildman–Crippen LogP) is 13.1. The summed E-state index contributed by atoms with van der Waals surface area (Å²) in [6.07, 6.45) is 51.0. The lowest BCUT2D eigenvalue weighted by molar-refractivity contribution is -0.196. The Labute approximate surface area is 316 Å². The molecule has 0 bridgehead atoms. The fourth-order valence-corrected chi connectivity index (χ4v) is 7.37. The highest BCUT2D eigenvalue weighted by Crippen LogP contribution is 2.44. The Morgan fingerprint density at radius 2 is 1.00 bits per heavy atom. The van der Waals surface area contributed by atoms with Gasteiger partial charge < -0.3 is 19.1 Å². The second kappa shape index (κ2) is 30.7. The number of rotatable bonds is 33. The Hall–Kier alpha value is -1.69. The predicted molar refractivity (Wildman–Crippen MR) is 218 cm³/mol.